The van der Waals surface area contributed by atoms with Gasteiger partial charge in [-0.3, -0.25) is 0 Å². The predicted molar refractivity (Wildman–Crippen MR) is 17.4 cm³/mol. The summed E-state index contributed by atoms with van der Waals surface area (Å²) in [5.41, 5.74) is 0. The third kappa shape index (κ3) is 12.6. The molecular formula is C3H8CoO+2. The maximum absolute atomic E-state index is 7.88. The van der Waals surface area contributed by atoms with Gasteiger partial charge in [0.15, 0.2) is 0 Å². The quantitative estimate of drug-likeness (QED) is 0.529. The zero-order valence-electron chi connectivity index (χ0n) is 3.19. The Bertz CT molecular complexity index is 8.85. The average molecular weight is 119 g/mol. The van der Waals surface area contributed by atoms with Crippen LogP contribution in [0.5, 0.6) is 0 Å². The van der Waals surface area contributed by atoms with Gasteiger partial charge in [0.25, 0.3) is 0 Å². The van der Waals surface area contributed by atoms with E-state index < -0.39 is 0 Å². The Labute approximate surface area is 42.6 Å². The first-order chi connectivity index (χ1) is 1.91. The SMILES string of the molecule is CCCO.[Co+2]. The molecule has 1 radical (unpaired) electrons. The number of rotatable bonds is 1. The third-order valence-electron chi connectivity index (χ3n) is 0.224. The molecule has 0 aliphatic rings. The molecular weight excluding hydrogens is 111 g/mol. The smallest absolute Gasteiger partial charge is 0.396 e. The Kier molecular flexibility index (Phi) is 16.0. The molecule has 0 aromatic carbocycles. The van der Waals surface area contributed by atoms with Crippen LogP contribution in [-0.2, 0) is 16.8 Å². The average Bonchev–Trinajstić information content (AvgIpc) is 1.37. The summed E-state index contributed by atoms with van der Waals surface area (Å²) in [4.78, 5) is 0. The number of aliphatic hydroxyl groups is 1. The first-order valence-corrected chi connectivity index (χ1v) is 1.52. The maximum atomic E-state index is 7.88. The van der Waals surface area contributed by atoms with Crippen LogP contribution in [0.4, 0.5) is 0 Å². The van der Waals surface area contributed by atoms with Gasteiger partial charge in [0.1, 0.15) is 0 Å². The fourth-order valence-corrected chi connectivity index (χ4v) is 0. The fourth-order valence-electron chi connectivity index (χ4n) is 0. The van der Waals surface area contributed by atoms with E-state index in [0.29, 0.717) is 6.61 Å². The second kappa shape index (κ2) is 8.82. The second-order valence-electron chi connectivity index (χ2n) is 0.724. The molecule has 0 rings (SSSR count). The standard InChI is InChI=1S/C3H8O.Co/c1-2-3-4;/h4H,2-3H2,1H3;/q;+2. The van der Waals surface area contributed by atoms with Gasteiger partial charge in [-0.25, -0.2) is 0 Å². The van der Waals surface area contributed by atoms with Crippen molar-refractivity contribution in [2.24, 2.45) is 0 Å². The van der Waals surface area contributed by atoms with Crippen LogP contribution in [-0.4, -0.2) is 11.7 Å². The third-order valence-corrected chi connectivity index (χ3v) is 0.224. The van der Waals surface area contributed by atoms with Crippen molar-refractivity contribution in [1.29, 1.82) is 0 Å². The first kappa shape index (κ1) is 9.08. The van der Waals surface area contributed by atoms with Crippen LogP contribution in [0, 0.1) is 0 Å². The van der Waals surface area contributed by atoms with Gasteiger partial charge >= 0.3 is 16.8 Å². The summed E-state index contributed by atoms with van der Waals surface area (Å²) in [7, 11) is 0. The van der Waals surface area contributed by atoms with E-state index in [-0.39, 0.29) is 16.8 Å². The molecule has 1 N–H and O–H groups in total. The van der Waals surface area contributed by atoms with Crippen molar-refractivity contribution in [1.82, 2.24) is 0 Å². The molecule has 0 heterocycles. The molecule has 33 valence electrons. The van der Waals surface area contributed by atoms with Crippen molar-refractivity contribution in [3.63, 3.8) is 0 Å². The van der Waals surface area contributed by atoms with E-state index in [2.05, 4.69) is 0 Å². The zero-order chi connectivity index (χ0) is 3.41. The molecule has 0 amide bonds. The van der Waals surface area contributed by atoms with E-state index >= 15 is 0 Å². The van der Waals surface area contributed by atoms with Crippen LogP contribution < -0.4 is 0 Å². The van der Waals surface area contributed by atoms with Crippen molar-refractivity contribution in [3.05, 3.63) is 0 Å². The number of aliphatic hydroxyl groups excluding tert-OH is 1. The minimum Gasteiger partial charge on any atom is -0.396 e. The summed E-state index contributed by atoms with van der Waals surface area (Å²) in [6.07, 6.45) is 0.875. The molecule has 1 nitrogen and oxygen atoms in total. The van der Waals surface area contributed by atoms with E-state index in [4.69, 9.17) is 5.11 Å². The van der Waals surface area contributed by atoms with E-state index in [1.54, 1.807) is 0 Å². The van der Waals surface area contributed by atoms with Crippen LogP contribution >= 0.6 is 0 Å². The maximum Gasteiger partial charge on any atom is 2.00 e. The summed E-state index contributed by atoms with van der Waals surface area (Å²) < 4.78 is 0. The molecule has 0 aromatic heterocycles. The van der Waals surface area contributed by atoms with Gasteiger partial charge in [-0.2, -0.15) is 0 Å². The minimum absolute atomic E-state index is 0. The van der Waals surface area contributed by atoms with Crippen molar-refractivity contribution >= 4 is 0 Å². The topological polar surface area (TPSA) is 20.2 Å². The Morgan fingerprint density at radius 2 is 1.80 bits per heavy atom. The Hall–Kier alpha value is 0.466. The summed E-state index contributed by atoms with van der Waals surface area (Å²) in [6, 6.07) is 0. The van der Waals surface area contributed by atoms with Crippen LogP contribution in [0.25, 0.3) is 0 Å². The van der Waals surface area contributed by atoms with E-state index in [1.807, 2.05) is 6.92 Å². The summed E-state index contributed by atoms with van der Waals surface area (Å²) >= 11 is 0. The van der Waals surface area contributed by atoms with Crippen LogP contribution in [0.2, 0.25) is 0 Å². The van der Waals surface area contributed by atoms with Crippen LogP contribution in [0.3, 0.4) is 0 Å². The van der Waals surface area contributed by atoms with Crippen molar-refractivity contribution < 1.29 is 21.9 Å². The molecule has 2 heteroatoms. The summed E-state index contributed by atoms with van der Waals surface area (Å²) in [5.74, 6) is 0. The van der Waals surface area contributed by atoms with Gasteiger partial charge in [0, 0.05) is 6.61 Å². The van der Waals surface area contributed by atoms with E-state index in [0.717, 1.165) is 6.42 Å². The minimum atomic E-state index is 0. The molecule has 0 aliphatic carbocycles. The largest absolute Gasteiger partial charge is 2.00 e. The first-order valence-electron chi connectivity index (χ1n) is 1.52. The Morgan fingerprint density at radius 3 is 1.80 bits per heavy atom. The molecule has 0 spiro atoms. The van der Waals surface area contributed by atoms with Gasteiger partial charge < -0.3 is 5.11 Å². The van der Waals surface area contributed by atoms with Gasteiger partial charge in [-0.15, -0.1) is 0 Å². The monoisotopic (exact) mass is 119 g/mol. The summed E-state index contributed by atoms with van der Waals surface area (Å²) in [6.45, 7) is 2.25. The molecule has 0 atom stereocenters. The molecule has 0 bridgehead atoms. The molecule has 0 saturated heterocycles. The Balaban J connectivity index is 0. The van der Waals surface area contributed by atoms with Crippen molar-refractivity contribution in [2.45, 2.75) is 13.3 Å². The molecule has 5 heavy (non-hydrogen) atoms. The normalized spacial score (nSPS) is 6.00. The second-order valence-corrected chi connectivity index (χ2v) is 0.724. The fraction of sp³-hybridized carbons (Fsp3) is 1.00. The van der Waals surface area contributed by atoms with E-state index in [9.17, 15) is 0 Å². The zero-order valence-corrected chi connectivity index (χ0v) is 4.24. The van der Waals surface area contributed by atoms with Crippen molar-refractivity contribution in [3.8, 4) is 0 Å². The van der Waals surface area contributed by atoms with Gasteiger partial charge in [-0.05, 0) is 6.42 Å². The molecule has 0 saturated carbocycles. The predicted octanol–water partition coefficient (Wildman–Crippen LogP) is 0.386. The van der Waals surface area contributed by atoms with Crippen molar-refractivity contribution in [2.75, 3.05) is 6.61 Å². The van der Waals surface area contributed by atoms with Gasteiger partial charge in [-0.1, -0.05) is 6.92 Å². The number of hydrogen-bond acceptors (Lipinski definition) is 1. The Morgan fingerprint density at radius 1 is 1.60 bits per heavy atom. The van der Waals surface area contributed by atoms with Gasteiger partial charge in [0.05, 0.1) is 0 Å². The molecule has 0 aromatic rings. The van der Waals surface area contributed by atoms with Crippen LogP contribution in [0.15, 0.2) is 0 Å². The molecule has 0 aliphatic heterocycles. The number of hydrogen-bond donors (Lipinski definition) is 1. The van der Waals surface area contributed by atoms with Gasteiger partial charge in [0.2, 0.25) is 0 Å². The summed E-state index contributed by atoms with van der Waals surface area (Å²) in [5, 5.41) is 7.88. The molecule has 0 unspecified atom stereocenters. The van der Waals surface area contributed by atoms with Crippen LogP contribution in [0.1, 0.15) is 13.3 Å². The molecule has 0 fully saturated rings. The van der Waals surface area contributed by atoms with E-state index in [1.165, 1.54) is 0 Å².